The summed E-state index contributed by atoms with van der Waals surface area (Å²) in [6.07, 6.45) is 0. The van der Waals surface area contributed by atoms with E-state index in [1.165, 1.54) is 5.56 Å². The maximum atomic E-state index is 12.5. The van der Waals surface area contributed by atoms with E-state index in [0.29, 0.717) is 27.9 Å². The van der Waals surface area contributed by atoms with Crippen molar-refractivity contribution in [2.24, 2.45) is 0 Å². The van der Waals surface area contributed by atoms with Crippen molar-refractivity contribution in [1.29, 1.82) is 0 Å². The molecule has 0 fully saturated rings. The first kappa shape index (κ1) is 22.8. The molecule has 0 bridgehead atoms. The molecule has 0 aliphatic heterocycles. The molecule has 4 rings (SSSR count). The number of hydrogen-bond acceptors (Lipinski definition) is 4. The lowest BCUT2D eigenvalue weighted by Crippen LogP contribution is -2.20. The van der Waals surface area contributed by atoms with E-state index < -0.39 is 0 Å². The van der Waals surface area contributed by atoms with Crippen LogP contribution in [-0.2, 0) is 4.79 Å². The SMILES string of the molecule is Cc1cc2nn(-c3ccc(C(C)C)cc3)nc2cc1NC(=O)COc1cc(C)c(Cl)c(C)c1. The molecule has 0 saturated heterocycles. The molecule has 3 aromatic carbocycles. The Labute approximate surface area is 198 Å². The topological polar surface area (TPSA) is 69.0 Å². The van der Waals surface area contributed by atoms with Gasteiger partial charge in [0.2, 0.25) is 0 Å². The molecule has 0 atom stereocenters. The Morgan fingerprint density at radius 3 is 2.18 bits per heavy atom. The second-order valence-corrected chi connectivity index (χ2v) is 8.98. The van der Waals surface area contributed by atoms with E-state index in [-0.39, 0.29) is 12.5 Å². The highest BCUT2D eigenvalue weighted by molar-refractivity contribution is 6.32. The van der Waals surface area contributed by atoms with Crippen LogP contribution < -0.4 is 10.1 Å². The highest BCUT2D eigenvalue weighted by Gasteiger charge is 2.12. The van der Waals surface area contributed by atoms with Gasteiger partial charge in [0.15, 0.2) is 6.61 Å². The fraction of sp³-hybridized carbons (Fsp3) is 0.269. The van der Waals surface area contributed by atoms with Crippen molar-refractivity contribution in [1.82, 2.24) is 15.0 Å². The normalized spacial score (nSPS) is 11.2. The average Bonchev–Trinajstić information content (AvgIpc) is 3.19. The summed E-state index contributed by atoms with van der Waals surface area (Å²) in [6.45, 7) is 9.97. The molecule has 0 saturated carbocycles. The minimum Gasteiger partial charge on any atom is -0.484 e. The van der Waals surface area contributed by atoms with Gasteiger partial charge in [0.1, 0.15) is 16.8 Å². The first-order valence-electron chi connectivity index (χ1n) is 10.9. The van der Waals surface area contributed by atoms with Crippen molar-refractivity contribution in [2.75, 3.05) is 11.9 Å². The zero-order chi connectivity index (χ0) is 23.7. The van der Waals surface area contributed by atoms with Crippen LogP contribution in [0, 0.1) is 20.8 Å². The van der Waals surface area contributed by atoms with Crippen LogP contribution in [0.3, 0.4) is 0 Å². The number of carbonyl (C=O) groups is 1. The zero-order valence-corrected chi connectivity index (χ0v) is 20.2. The summed E-state index contributed by atoms with van der Waals surface area (Å²) in [7, 11) is 0. The fourth-order valence-corrected chi connectivity index (χ4v) is 3.74. The summed E-state index contributed by atoms with van der Waals surface area (Å²) < 4.78 is 5.67. The summed E-state index contributed by atoms with van der Waals surface area (Å²) in [5.74, 6) is 0.830. The van der Waals surface area contributed by atoms with Crippen molar-refractivity contribution in [3.63, 3.8) is 0 Å². The Bertz CT molecular complexity index is 1300. The number of carbonyl (C=O) groups excluding carboxylic acids is 1. The second-order valence-electron chi connectivity index (χ2n) is 8.60. The monoisotopic (exact) mass is 462 g/mol. The number of aromatic nitrogens is 3. The molecule has 170 valence electrons. The Morgan fingerprint density at radius 2 is 1.58 bits per heavy atom. The number of aryl methyl sites for hydroxylation is 3. The highest BCUT2D eigenvalue weighted by atomic mass is 35.5. The van der Waals surface area contributed by atoms with Crippen LogP contribution in [-0.4, -0.2) is 27.5 Å². The van der Waals surface area contributed by atoms with E-state index in [0.717, 1.165) is 27.9 Å². The number of nitrogens with one attached hydrogen (secondary N) is 1. The molecule has 1 N–H and O–H groups in total. The first-order chi connectivity index (χ1) is 15.7. The van der Waals surface area contributed by atoms with Crippen molar-refractivity contribution in [2.45, 2.75) is 40.5 Å². The van der Waals surface area contributed by atoms with Crippen LogP contribution in [0.2, 0.25) is 5.02 Å². The average molecular weight is 463 g/mol. The van der Waals surface area contributed by atoms with Gasteiger partial charge in [-0.05, 0) is 85.3 Å². The molecule has 0 spiro atoms. The predicted octanol–water partition coefficient (Wildman–Crippen LogP) is 6.14. The lowest BCUT2D eigenvalue weighted by molar-refractivity contribution is -0.118. The summed E-state index contributed by atoms with van der Waals surface area (Å²) in [5, 5.41) is 12.8. The van der Waals surface area contributed by atoms with Crippen molar-refractivity contribution < 1.29 is 9.53 Å². The molecule has 4 aromatic rings. The maximum absolute atomic E-state index is 12.5. The van der Waals surface area contributed by atoms with Gasteiger partial charge in [-0.1, -0.05) is 37.6 Å². The quantitative estimate of drug-likeness (QED) is 0.373. The van der Waals surface area contributed by atoms with Gasteiger partial charge in [-0.3, -0.25) is 4.79 Å². The second kappa shape index (κ2) is 9.24. The number of rotatable bonds is 6. The molecule has 0 radical (unpaired) electrons. The minimum atomic E-state index is -0.251. The molecule has 33 heavy (non-hydrogen) atoms. The molecular weight excluding hydrogens is 436 g/mol. The van der Waals surface area contributed by atoms with Gasteiger partial charge in [-0.2, -0.15) is 4.80 Å². The van der Waals surface area contributed by atoms with Crippen LogP contribution in [0.25, 0.3) is 16.7 Å². The van der Waals surface area contributed by atoms with E-state index in [1.54, 1.807) is 4.80 Å². The van der Waals surface area contributed by atoms with Gasteiger partial charge >= 0.3 is 0 Å². The minimum absolute atomic E-state index is 0.104. The third-order valence-electron chi connectivity index (χ3n) is 5.57. The molecule has 6 nitrogen and oxygen atoms in total. The van der Waals surface area contributed by atoms with Crippen LogP contribution in [0.15, 0.2) is 48.5 Å². The van der Waals surface area contributed by atoms with Gasteiger partial charge in [0.05, 0.1) is 5.69 Å². The van der Waals surface area contributed by atoms with E-state index in [4.69, 9.17) is 16.3 Å². The van der Waals surface area contributed by atoms with Crippen molar-refractivity contribution in [3.05, 3.63) is 75.8 Å². The number of benzene rings is 3. The number of hydrogen-bond donors (Lipinski definition) is 1. The van der Waals surface area contributed by atoms with Gasteiger partial charge in [-0.25, -0.2) is 0 Å². The van der Waals surface area contributed by atoms with Gasteiger partial charge < -0.3 is 10.1 Å². The number of amides is 1. The summed E-state index contributed by atoms with van der Waals surface area (Å²) in [6, 6.07) is 15.6. The molecule has 1 aromatic heterocycles. The third kappa shape index (κ3) is 5.01. The number of ether oxygens (including phenoxy) is 1. The third-order valence-corrected chi connectivity index (χ3v) is 6.17. The van der Waals surface area contributed by atoms with Crippen LogP contribution >= 0.6 is 11.6 Å². The van der Waals surface area contributed by atoms with Crippen LogP contribution in [0.1, 0.15) is 42.0 Å². The molecule has 0 unspecified atom stereocenters. The Morgan fingerprint density at radius 1 is 0.970 bits per heavy atom. The summed E-state index contributed by atoms with van der Waals surface area (Å²) in [5.41, 5.74) is 7.03. The summed E-state index contributed by atoms with van der Waals surface area (Å²) >= 11 is 6.20. The Kier molecular flexibility index (Phi) is 6.38. The van der Waals surface area contributed by atoms with Gasteiger partial charge in [-0.15, -0.1) is 10.2 Å². The molecular formula is C26H27ClN4O2. The molecule has 1 heterocycles. The van der Waals surface area contributed by atoms with Crippen LogP contribution in [0.4, 0.5) is 5.69 Å². The lowest BCUT2D eigenvalue weighted by Gasteiger charge is -2.11. The van der Waals surface area contributed by atoms with E-state index in [1.807, 2.05) is 57.2 Å². The lowest BCUT2D eigenvalue weighted by atomic mass is 10.0. The number of halogens is 1. The smallest absolute Gasteiger partial charge is 0.262 e. The summed E-state index contributed by atoms with van der Waals surface area (Å²) in [4.78, 5) is 14.1. The van der Waals surface area contributed by atoms with Crippen molar-refractivity contribution >= 4 is 34.2 Å². The molecule has 0 aliphatic rings. The largest absolute Gasteiger partial charge is 0.484 e. The molecule has 0 aliphatic carbocycles. The van der Waals surface area contributed by atoms with Gasteiger partial charge in [0, 0.05) is 10.7 Å². The van der Waals surface area contributed by atoms with Gasteiger partial charge in [0.25, 0.3) is 5.91 Å². The Hall–Kier alpha value is -3.38. The number of fused-ring (bicyclic) bond motifs is 1. The van der Waals surface area contributed by atoms with E-state index in [2.05, 4.69) is 41.5 Å². The van der Waals surface area contributed by atoms with Crippen molar-refractivity contribution in [3.8, 4) is 11.4 Å². The predicted molar refractivity (Wildman–Crippen MR) is 133 cm³/mol. The highest BCUT2D eigenvalue weighted by Crippen LogP contribution is 2.26. The Balaban J connectivity index is 1.48. The molecule has 7 heteroatoms. The van der Waals surface area contributed by atoms with E-state index in [9.17, 15) is 4.79 Å². The first-order valence-corrected chi connectivity index (χ1v) is 11.3. The van der Waals surface area contributed by atoms with E-state index >= 15 is 0 Å². The number of nitrogens with zero attached hydrogens (tertiary/aromatic N) is 3. The maximum Gasteiger partial charge on any atom is 0.262 e. The molecule has 1 amide bonds. The fourth-order valence-electron chi connectivity index (χ4n) is 3.64. The standard InChI is InChI=1S/C26H27ClN4O2/c1-15(2)19-6-8-20(9-7-19)31-29-23-12-16(3)22(13-24(23)30-31)28-25(32)14-33-21-10-17(4)26(27)18(5)11-21/h6-13,15H,14H2,1-5H3,(H,28,32). The van der Waals surface area contributed by atoms with Crippen LogP contribution in [0.5, 0.6) is 5.75 Å². The number of anilines is 1. The zero-order valence-electron chi connectivity index (χ0n) is 19.4.